The Hall–Kier alpha value is -2.68. The number of fused-ring (bicyclic) bond motifs is 1. The number of pyridine rings is 1. The standard InChI is InChI=1S/C15H10F3N3O2S/c16-15(17,18)8-3-1-4-9(7-8)24-12-11-10(5-2-6-20-11)21-13(12)23-14(19)22/h1-7,21H,(H2,19,22). The van der Waals surface area contributed by atoms with Gasteiger partial charge in [0.15, 0.2) is 0 Å². The van der Waals surface area contributed by atoms with Crippen LogP contribution in [0.1, 0.15) is 5.56 Å². The number of amides is 1. The Kier molecular flexibility index (Phi) is 4.10. The van der Waals surface area contributed by atoms with Crippen molar-refractivity contribution < 1.29 is 22.7 Å². The van der Waals surface area contributed by atoms with E-state index >= 15 is 0 Å². The number of aromatic amines is 1. The number of nitrogens with two attached hydrogens (primary N) is 1. The molecule has 2 heterocycles. The van der Waals surface area contributed by atoms with E-state index in [1.165, 1.54) is 18.3 Å². The number of benzene rings is 1. The number of H-pyrrole nitrogens is 1. The fraction of sp³-hybridized carbons (Fsp3) is 0.0667. The second-order valence-corrected chi connectivity index (χ2v) is 5.82. The van der Waals surface area contributed by atoms with Crippen LogP contribution < -0.4 is 10.5 Å². The third-order valence-electron chi connectivity index (χ3n) is 3.06. The zero-order valence-electron chi connectivity index (χ0n) is 11.9. The average Bonchev–Trinajstić information content (AvgIpc) is 2.84. The summed E-state index contributed by atoms with van der Waals surface area (Å²) >= 11 is 0.996. The Morgan fingerprint density at radius 3 is 2.75 bits per heavy atom. The molecule has 3 N–H and O–H groups in total. The molecule has 0 unspecified atom stereocenters. The molecule has 0 aliphatic carbocycles. The lowest BCUT2D eigenvalue weighted by molar-refractivity contribution is -0.137. The number of alkyl halides is 3. The van der Waals surface area contributed by atoms with Gasteiger partial charge in [-0.05, 0) is 30.3 Å². The van der Waals surface area contributed by atoms with Crippen molar-refractivity contribution >= 4 is 28.9 Å². The van der Waals surface area contributed by atoms with Gasteiger partial charge in [0, 0.05) is 11.1 Å². The van der Waals surface area contributed by atoms with Crippen LogP contribution in [0.5, 0.6) is 5.88 Å². The minimum Gasteiger partial charge on any atom is -0.392 e. The van der Waals surface area contributed by atoms with E-state index in [0.717, 1.165) is 23.9 Å². The zero-order valence-corrected chi connectivity index (χ0v) is 12.7. The molecule has 0 fully saturated rings. The van der Waals surface area contributed by atoms with Crippen molar-refractivity contribution in [1.29, 1.82) is 0 Å². The lowest BCUT2D eigenvalue weighted by Gasteiger charge is -2.08. The lowest BCUT2D eigenvalue weighted by Crippen LogP contribution is -2.16. The van der Waals surface area contributed by atoms with Crippen LogP contribution in [0, 0.1) is 0 Å². The number of rotatable bonds is 3. The van der Waals surface area contributed by atoms with E-state index in [1.807, 2.05) is 0 Å². The fourth-order valence-electron chi connectivity index (χ4n) is 2.09. The molecular formula is C15H10F3N3O2S. The third-order valence-corrected chi connectivity index (χ3v) is 4.13. The molecule has 0 radical (unpaired) electrons. The highest BCUT2D eigenvalue weighted by molar-refractivity contribution is 7.99. The Morgan fingerprint density at radius 2 is 2.04 bits per heavy atom. The first-order chi connectivity index (χ1) is 11.3. The van der Waals surface area contributed by atoms with E-state index in [9.17, 15) is 18.0 Å². The van der Waals surface area contributed by atoms with Gasteiger partial charge in [-0.25, -0.2) is 4.79 Å². The Balaban J connectivity index is 2.04. The normalized spacial score (nSPS) is 11.6. The topological polar surface area (TPSA) is 81.0 Å². The quantitative estimate of drug-likeness (QED) is 0.740. The number of hydrogen-bond donors (Lipinski definition) is 2. The Bertz CT molecular complexity index is 908. The van der Waals surface area contributed by atoms with Crippen molar-refractivity contribution in [2.75, 3.05) is 0 Å². The van der Waals surface area contributed by atoms with Gasteiger partial charge in [-0.1, -0.05) is 17.8 Å². The highest BCUT2D eigenvalue weighted by atomic mass is 32.2. The van der Waals surface area contributed by atoms with E-state index in [4.69, 9.17) is 10.5 Å². The maximum atomic E-state index is 12.8. The highest BCUT2D eigenvalue weighted by Crippen LogP contribution is 2.41. The number of aromatic nitrogens is 2. The van der Waals surface area contributed by atoms with E-state index in [1.54, 1.807) is 12.1 Å². The summed E-state index contributed by atoms with van der Waals surface area (Å²) in [6.07, 6.45) is -3.95. The maximum Gasteiger partial charge on any atom is 0.416 e. The predicted molar refractivity (Wildman–Crippen MR) is 81.9 cm³/mol. The van der Waals surface area contributed by atoms with Crippen LogP contribution in [-0.4, -0.2) is 16.1 Å². The van der Waals surface area contributed by atoms with Crippen molar-refractivity contribution in [3.05, 3.63) is 48.2 Å². The average molecular weight is 353 g/mol. The first-order valence-electron chi connectivity index (χ1n) is 6.63. The molecule has 9 heteroatoms. The van der Waals surface area contributed by atoms with Crippen LogP contribution in [0.25, 0.3) is 11.0 Å². The Morgan fingerprint density at radius 1 is 1.25 bits per heavy atom. The monoisotopic (exact) mass is 353 g/mol. The van der Waals surface area contributed by atoms with Gasteiger partial charge in [0.25, 0.3) is 0 Å². The summed E-state index contributed by atoms with van der Waals surface area (Å²) in [5.41, 5.74) is 5.31. The second-order valence-electron chi connectivity index (χ2n) is 4.73. The van der Waals surface area contributed by atoms with Crippen LogP contribution in [-0.2, 0) is 6.18 Å². The van der Waals surface area contributed by atoms with Gasteiger partial charge in [0.1, 0.15) is 10.4 Å². The van der Waals surface area contributed by atoms with Gasteiger partial charge in [-0.3, -0.25) is 4.98 Å². The molecule has 2 aromatic heterocycles. The number of nitrogens with zero attached hydrogens (tertiary/aromatic N) is 1. The number of carbonyl (C=O) groups is 1. The van der Waals surface area contributed by atoms with Crippen molar-refractivity contribution in [1.82, 2.24) is 9.97 Å². The molecule has 0 aliphatic heterocycles. The number of carbonyl (C=O) groups excluding carboxylic acids is 1. The van der Waals surface area contributed by atoms with Crippen LogP contribution in [0.4, 0.5) is 18.0 Å². The summed E-state index contributed by atoms with van der Waals surface area (Å²) in [6.45, 7) is 0. The van der Waals surface area contributed by atoms with Gasteiger partial charge in [0.05, 0.1) is 11.1 Å². The summed E-state index contributed by atoms with van der Waals surface area (Å²) < 4.78 is 43.4. The van der Waals surface area contributed by atoms with Gasteiger partial charge >= 0.3 is 12.3 Å². The summed E-state index contributed by atoms with van der Waals surface area (Å²) in [6, 6.07) is 8.20. The zero-order chi connectivity index (χ0) is 17.3. The van der Waals surface area contributed by atoms with Crippen LogP contribution in [0.15, 0.2) is 52.4 Å². The van der Waals surface area contributed by atoms with Crippen molar-refractivity contribution in [2.45, 2.75) is 16.0 Å². The van der Waals surface area contributed by atoms with Crippen molar-refractivity contribution in [3.63, 3.8) is 0 Å². The maximum absolute atomic E-state index is 12.8. The first kappa shape index (κ1) is 16.2. The fourth-order valence-corrected chi connectivity index (χ4v) is 3.11. The predicted octanol–water partition coefficient (Wildman–Crippen LogP) is 4.19. The molecule has 1 amide bonds. The molecule has 0 saturated heterocycles. The van der Waals surface area contributed by atoms with Crippen LogP contribution >= 0.6 is 11.8 Å². The van der Waals surface area contributed by atoms with Crippen LogP contribution in [0.3, 0.4) is 0 Å². The minimum atomic E-state index is -4.44. The van der Waals surface area contributed by atoms with Gasteiger partial charge in [-0.15, -0.1) is 0 Å². The number of hydrogen-bond acceptors (Lipinski definition) is 4. The number of nitrogens with one attached hydrogen (secondary N) is 1. The molecule has 0 atom stereocenters. The largest absolute Gasteiger partial charge is 0.416 e. The van der Waals surface area contributed by atoms with E-state index in [-0.39, 0.29) is 5.88 Å². The summed E-state index contributed by atoms with van der Waals surface area (Å²) in [4.78, 5) is 18.7. The van der Waals surface area contributed by atoms with Crippen molar-refractivity contribution in [3.8, 4) is 5.88 Å². The van der Waals surface area contributed by atoms with Crippen LogP contribution in [0.2, 0.25) is 0 Å². The molecule has 24 heavy (non-hydrogen) atoms. The molecule has 0 saturated carbocycles. The molecule has 0 aliphatic rings. The van der Waals surface area contributed by atoms with E-state index in [0.29, 0.717) is 20.8 Å². The SMILES string of the molecule is NC(=O)Oc1[nH]c2cccnc2c1Sc1cccc(C(F)(F)F)c1. The van der Waals surface area contributed by atoms with E-state index in [2.05, 4.69) is 9.97 Å². The molecule has 5 nitrogen and oxygen atoms in total. The molecule has 3 aromatic rings. The van der Waals surface area contributed by atoms with Crippen molar-refractivity contribution in [2.24, 2.45) is 5.73 Å². The molecule has 1 aromatic carbocycles. The first-order valence-corrected chi connectivity index (χ1v) is 7.45. The summed E-state index contributed by atoms with van der Waals surface area (Å²) in [5, 5.41) is 0. The summed E-state index contributed by atoms with van der Waals surface area (Å²) in [7, 11) is 0. The Labute approximate surface area is 138 Å². The second kappa shape index (κ2) is 6.08. The number of halogens is 3. The highest BCUT2D eigenvalue weighted by Gasteiger charge is 2.30. The minimum absolute atomic E-state index is 0.0404. The number of ether oxygens (including phenoxy) is 1. The summed E-state index contributed by atoms with van der Waals surface area (Å²) in [5.74, 6) is 0.0404. The smallest absolute Gasteiger partial charge is 0.392 e. The molecule has 3 rings (SSSR count). The molecular weight excluding hydrogens is 343 g/mol. The number of primary amides is 1. The molecule has 0 bridgehead atoms. The van der Waals surface area contributed by atoms with Gasteiger partial charge in [-0.2, -0.15) is 13.2 Å². The lowest BCUT2D eigenvalue weighted by atomic mass is 10.2. The van der Waals surface area contributed by atoms with E-state index < -0.39 is 17.8 Å². The van der Waals surface area contributed by atoms with Gasteiger partial charge in [0.2, 0.25) is 5.88 Å². The molecule has 124 valence electrons. The molecule has 0 spiro atoms. The third kappa shape index (κ3) is 3.30. The van der Waals surface area contributed by atoms with Gasteiger partial charge < -0.3 is 15.5 Å².